The molecule has 1 aliphatic heterocycles. The average Bonchev–Trinajstić information content (AvgIpc) is 2.99. The molecule has 0 saturated heterocycles. The molecule has 23 heavy (non-hydrogen) atoms. The summed E-state index contributed by atoms with van der Waals surface area (Å²) >= 11 is 8.03. The summed E-state index contributed by atoms with van der Waals surface area (Å²) in [5.41, 5.74) is 3.43. The predicted molar refractivity (Wildman–Crippen MR) is 91.8 cm³/mol. The lowest BCUT2D eigenvalue weighted by Gasteiger charge is -2.28. The molecule has 1 aliphatic rings. The quantitative estimate of drug-likeness (QED) is 0.539. The fraction of sp³-hybridized carbons (Fsp3) is 0.312. The Bertz CT molecular complexity index is 849. The number of thioether (sulfide) groups is 1. The molecular weight excluding hydrogens is 330 g/mol. The summed E-state index contributed by atoms with van der Waals surface area (Å²) in [4.78, 5) is 11.5. The maximum Gasteiger partial charge on any atom is 0.254 e. The van der Waals surface area contributed by atoms with Crippen LogP contribution in [0.25, 0.3) is 5.78 Å². The molecule has 0 radical (unpaired) electrons. The highest BCUT2D eigenvalue weighted by atomic mass is 35.5. The molecule has 118 valence electrons. The van der Waals surface area contributed by atoms with Crippen molar-refractivity contribution in [2.45, 2.75) is 24.7 Å². The van der Waals surface area contributed by atoms with E-state index in [1.165, 1.54) is 17.3 Å². The summed E-state index contributed by atoms with van der Waals surface area (Å²) in [6.07, 6.45) is 2.84. The molecular formula is C16H16ClN5S. The first kappa shape index (κ1) is 14.9. The summed E-state index contributed by atoms with van der Waals surface area (Å²) in [5, 5.41) is 5.73. The SMILES string of the molecule is CSc1nc2nc3c(c(Cl)n2n1)CCN(Cc1ccccc1)C3. The van der Waals surface area contributed by atoms with Crippen molar-refractivity contribution in [3.8, 4) is 0 Å². The van der Waals surface area contributed by atoms with Crippen LogP contribution in [-0.2, 0) is 19.5 Å². The van der Waals surface area contributed by atoms with Gasteiger partial charge in [-0.2, -0.15) is 9.50 Å². The van der Waals surface area contributed by atoms with Crippen molar-refractivity contribution in [2.75, 3.05) is 12.8 Å². The van der Waals surface area contributed by atoms with E-state index in [0.29, 0.717) is 16.1 Å². The molecule has 0 unspecified atom stereocenters. The fourth-order valence-electron chi connectivity index (χ4n) is 2.93. The Morgan fingerprint density at radius 2 is 2.04 bits per heavy atom. The van der Waals surface area contributed by atoms with Gasteiger partial charge in [-0.05, 0) is 18.2 Å². The molecule has 0 saturated carbocycles. The number of benzene rings is 1. The third-order valence-electron chi connectivity index (χ3n) is 4.07. The Labute approximate surface area is 143 Å². The number of hydrogen-bond donors (Lipinski definition) is 0. The van der Waals surface area contributed by atoms with Crippen LogP contribution in [0.5, 0.6) is 0 Å². The molecule has 0 atom stereocenters. The van der Waals surface area contributed by atoms with Gasteiger partial charge in [-0.25, -0.2) is 4.98 Å². The highest BCUT2D eigenvalue weighted by molar-refractivity contribution is 7.98. The highest BCUT2D eigenvalue weighted by Crippen LogP contribution is 2.27. The van der Waals surface area contributed by atoms with Crippen molar-refractivity contribution in [2.24, 2.45) is 0 Å². The van der Waals surface area contributed by atoms with Crippen molar-refractivity contribution in [1.82, 2.24) is 24.5 Å². The molecule has 0 spiro atoms. The third kappa shape index (κ3) is 2.82. The molecule has 2 aromatic heterocycles. The van der Waals surface area contributed by atoms with E-state index >= 15 is 0 Å². The zero-order chi connectivity index (χ0) is 15.8. The maximum atomic E-state index is 6.53. The molecule has 0 aliphatic carbocycles. The van der Waals surface area contributed by atoms with Gasteiger partial charge in [-0.3, -0.25) is 4.90 Å². The van der Waals surface area contributed by atoms with Crippen LogP contribution in [0, 0.1) is 0 Å². The molecule has 1 aromatic carbocycles. The van der Waals surface area contributed by atoms with E-state index in [1.54, 1.807) is 4.52 Å². The van der Waals surface area contributed by atoms with Gasteiger partial charge < -0.3 is 0 Å². The molecule has 5 nitrogen and oxygen atoms in total. The first-order valence-electron chi connectivity index (χ1n) is 7.49. The van der Waals surface area contributed by atoms with Gasteiger partial charge in [0.15, 0.2) is 0 Å². The van der Waals surface area contributed by atoms with Crippen LogP contribution in [0.2, 0.25) is 5.15 Å². The van der Waals surface area contributed by atoms with Crippen molar-refractivity contribution >= 4 is 29.1 Å². The van der Waals surface area contributed by atoms with Gasteiger partial charge in [0.05, 0.1) is 5.69 Å². The number of hydrogen-bond acceptors (Lipinski definition) is 5. The summed E-state index contributed by atoms with van der Waals surface area (Å²) in [7, 11) is 0. The van der Waals surface area contributed by atoms with Gasteiger partial charge in [-0.1, -0.05) is 53.7 Å². The Morgan fingerprint density at radius 3 is 2.83 bits per heavy atom. The summed E-state index contributed by atoms with van der Waals surface area (Å²) < 4.78 is 1.65. The molecule has 4 rings (SSSR count). The summed E-state index contributed by atoms with van der Waals surface area (Å²) in [6.45, 7) is 2.69. The second kappa shape index (κ2) is 6.11. The standard InChI is InChI=1S/C16H16ClN5S/c1-23-16-19-15-18-13-10-21(9-11-5-3-2-4-6-11)8-7-12(13)14(17)22(15)20-16/h2-6H,7-10H2,1H3. The lowest BCUT2D eigenvalue weighted by molar-refractivity contribution is 0.241. The van der Waals surface area contributed by atoms with Crippen LogP contribution in [0.3, 0.4) is 0 Å². The van der Waals surface area contributed by atoms with Gasteiger partial charge in [0.1, 0.15) is 5.15 Å². The first-order chi connectivity index (χ1) is 11.2. The Balaban J connectivity index is 1.65. The van der Waals surface area contributed by atoms with Crippen LogP contribution in [0.4, 0.5) is 0 Å². The van der Waals surface area contributed by atoms with Gasteiger partial charge in [0.25, 0.3) is 5.78 Å². The second-order valence-corrected chi connectivity index (χ2v) is 6.72. The number of nitrogens with zero attached hydrogens (tertiary/aromatic N) is 5. The fourth-order valence-corrected chi connectivity index (χ4v) is 3.58. The largest absolute Gasteiger partial charge is 0.293 e. The lowest BCUT2D eigenvalue weighted by Crippen LogP contribution is -2.31. The van der Waals surface area contributed by atoms with E-state index in [2.05, 4.69) is 44.2 Å². The van der Waals surface area contributed by atoms with E-state index in [4.69, 9.17) is 11.6 Å². The smallest absolute Gasteiger partial charge is 0.254 e. The van der Waals surface area contributed by atoms with Gasteiger partial charge in [-0.15, -0.1) is 5.10 Å². The van der Waals surface area contributed by atoms with Crippen LogP contribution in [0.1, 0.15) is 16.8 Å². The normalized spacial score (nSPS) is 15.0. The van der Waals surface area contributed by atoms with Crippen molar-refractivity contribution < 1.29 is 0 Å². The van der Waals surface area contributed by atoms with Gasteiger partial charge >= 0.3 is 0 Å². The van der Waals surface area contributed by atoms with E-state index in [-0.39, 0.29) is 0 Å². The molecule has 3 heterocycles. The van der Waals surface area contributed by atoms with Crippen LogP contribution in [0.15, 0.2) is 35.5 Å². The average molecular weight is 346 g/mol. The van der Waals surface area contributed by atoms with Crippen molar-refractivity contribution in [1.29, 1.82) is 0 Å². The summed E-state index contributed by atoms with van der Waals surface area (Å²) in [6, 6.07) is 10.5. The van der Waals surface area contributed by atoms with Crippen molar-refractivity contribution in [3.63, 3.8) is 0 Å². The Hall–Kier alpha value is -1.63. The number of rotatable bonds is 3. The predicted octanol–water partition coefficient (Wildman–Crippen LogP) is 3.06. The minimum absolute atomic E-state index is 0.583. The number of halogens is 1. The highest BCUT2D eigenvalue weighted by Gasteiger charge is 2.23. The monoisotopic (exact) mass is 345 g/mol. The third-order valence-corrected chi connectivity index (χ3v) is 5.00. The van der Waals surface area contributed by atoms with E-state index in [0.717, 1.165) is 37.3 Å². The number of fused-ring (bicyclic) bond motifs is 2. The molecule has 3 aromatic rings. The maximum absolute atomic E-state index is 6.53. The molecule has 7 heteroatoms. The van der Waals surface area contributed by atoms with Crippen LogP contribution >= 0.6 is 23.4 Å². The van der Waals surface area contributed by atoms with E-state index in [1.807, 2.05) is 12.3 Å². The van der Waals surface area contributed by atoms with Crippen molar-refractivity contribution in [3.05, 3.63) is 52.3 Å². The minimum Gasteiger partial charge on any atom is -0.293 e. The molecule has 0 amide bonds. The molecule has 0 N–H and O–H groups in total. The topological polar surface area (TPSA) is 46.3 Å². The first-order valence-corrected chi connectivity index (χ1v) is 9.09. The Kier molecular flexibility index (Phi) is 3.97. The zero-order valence-electron chi connectivity index (χ0n) is 12.7. The van der Waals surface area contributed by atoms with E-state index in [9.17, 15) is 0 Å². The molecule has 0 fully saturated rings. The minimum atomic E-state index is 0.583. The zero-order valence-corrected chi connectivity index (χ0v) is 14.3. The van der Waals surface area contributed by atoms with Gasteiger partial charge in [0.2, 0.25) is 5.16 Å². The summed E-state index contributed by atoms with van der Waals surface area (Å²) in [5.74, 6) is 0.583. The lowest BCUT2D eigenvalue weighted by atomic mass is 10.1. The second-order valence-electron chi connectivity index (χ2n) is 5.58. The number of aromatic nitrogens is 4. The van der Waals surface area contributed by atoms with Crippen LogP contribution < -0.4 is 0 Å². The Morgan fingerprint density at radius 1 is 1.22 bits per heavy atom. The molecule has 0 bridgehead atoms. The van der Waals surface area contributed by atoms with Gasteiger partial charge in [0, 0.05) is 25.2 Å². The van der Waals surface area contributed by atoms with E-state index < -0.39 is 0 Å². The van der Waals surface area contributed by atoms with Crippen LogP contribution in [-0.4, -0.2) is 37.3 Å².